The fourth-order valence-corrected chi connectivity index (χ4v) is 4.26. The highest BCUT2D eigenvalue weighted by Crippen LogP contribution is 2.14. The molecule has 1 N–H and O–H groups in total. The smallest absolute Gasteiger partial charge is 0.00357 e. The molecule has 0 aromatic rings. The van der Waals surface area contributed by atoms with Gasteiger partial charge in [-0.1, -0.05) is 135 Å². The summed E-state index contributed by atoms with van der Waals surface area (Å²) in [4.78, 5) is 0. The van der Waals surface area contributed by atoms with Crippen LogP contribution in [0.2, 0.25) is 0 Å². The predicted molar refractivity (Wildman–Crippen MR) is 140 cm³/mol. The Morgan fingerprint density at radius 1 is 0.500 bits per heavy atom. The van der Waals surface area contributed by atoms with Gasteiger partial charge in [0.2, 0.25) is 0 Å². The zero-order valence-electron chi connectivity index (χ0n) is 21.5. The van der Waals surface area contributed by atoms with Crippen molar-refractivity contribution in [3.8, 4) is 0 Å². The maximum atomic E-state index is 3.33. The Morgan fingerprint density at radius 2 is 0.833 bits per heavy atom. The molecule has 30 heavy (non-hydrogen) atoms. The molecule has 1 nitrogen and oxygen atoms in total. The van der Waals surface area contributed by atoms with Crippen molar-refractivity contribution >= 4 is 0 Å². The van der Waals surface area contributed by atoms with Gasteiger partial charge in [0, 0.05) is 6.04 Å². The van der Waals surface area contributed by atoms with Crippen LogP contribution in [0.15, 0.2) is 12.2 Å². The molecule has 0 radical (unpaired) electrons. The topological polar surface area (TPSA) is 12.0 Å². The molecular weight excluding hydrogens is 362 g/mol. The van der Waals surface area contributed by atoms with Gasteiger partial charge in [-0.05, 0) is 46.1 Å². The highest BCUT2D eigenvalue weighted by molar-refractivity contribution is 4.81. The van der Waals surface area contributed by atoms with E-state index in [0.717, 1.165) is 0 Å². The summed E-state index contributed by atoms with van der Waals surface area (Å²) in [7, 11) is 2.07. The van der Waals surface area contributed by atoms with E-state index in [-0.39, 0.29) is 0 Å². The fraction of sp³-hybridized carbons (Fsp3) is 0.931. The predicted octanol–water partition coefficient (Wildman–Crippen LogP) is 10.1. The summed E-state index contributed by atoms with van der Waals surface area (Å²) in [6.07, 6.45) is 37.7. The molecular formula is C29H59N. The van der Waals surface area contributed by atoms with Crippen molar-refractivity contribution in [3.63, 3.8) is 0 Å². The van der Waals surface area contributed by atoms with E-state index in [2.05, 4.69) is 38.4 Å². The molecule has 0 amide bonds. The van der Waals surface area contributed by atoms with Crippen LogP contribution in [0.25, 0.3) is 0 Å². The van der Waals surface area contributed by atoms with Gasteiger partial charge in [0.05, 0.1) is 0 Å². The zero-order chi connectivity index (χ0) is 22.0. The second kappa shape index (κ2) is 26.7. The normalized spacial score (nSPS) is 12.8. The van der Waals surface area contributed by atoms with Crippen molar-refractivity contribution in [2.75, 3.05) is 7.05 Å². The van der Waals surface area contributed by atoms with Crippen molar-refractivity contribution in [3.05, 3.63) is 12.2 Å². The van der Waals surface area contributed by atoms with Crippen molar-refractivity contribution in [1.82, 2.24) is 5.32 Å². The van der Waals surface area contributed by atoms with Crippen LogP contribution in [0.5, 0.6) is 0 Å². The van der Waals surface area contributed by atoms with Crippen LogP contribution in [0, 0.1) is 0 Å². The van der Waals surface area contributed by atoms with Gasteiger partial charge in [0.1, 0.15) is 0 Å². The summed E-state index contributed by atoms with van der Waals surface area (Å²) in [5.74, 6) is 0. The number of allylic oxidation sites excluding steroid dienone is 2. The molecule has 0 fully saturated rings. The van der Waals surface area contributed by atoms with Crippen LogP contribution in [-0.2, 0) is 0 Å². The first-order chi connectivity index (χ1) is 14.8. The van der Waals surface area contributed by atoms with Gasteiger partial charge >= 0.3 is 0 Å². The Hall–Kier alpha value is -0.300. The first-order valence-corrected chi connectivity index (χ1v) is 14.1. The second-order valence-corrected chi connectivity index (χ2v) is 9.74. The SMILES string of the molecule is CCCCCCCCCCC/C=C/CCCCCCCCCCCCCC(C)NC. The van der Waals surface area contributed by atoms with Crippen molar-refractivity contribution in [2.45, 2.75) is 168 Å². The Bertz CT molecular complexity index is 322. The number of unbranched alkanes of at least 4 members (excludes halogenated alkanes) is 20. The van der Waals surface area contributed by atoms with Crippen LogP contribution in [0.3, 0.4) is 0 Å². The van der Waals surface area contributed by atoms with Crippen molar-refractivity contribution in [2.24, 2.45) is 0 Å². The molecule has 1 atom stereocenters. The number of hydrogen-bond acceptors (Lipinski definition) is 1. The van der Waals surface area contributed by atoms with Crippen molar-refractivity contribution in [1.29, 1.82) is 0 Å². The summed E-state index contributed by atoms with van der Waals surface area (Å²) >= 11 is 0. The molecule has 0 heterocycles. The van der Waals surface area contributed by atoms with Crippen LogP contribution >= 0.6 is 0 Å². The lowest BCUT2D eigenvalue weighted by molar-refractivity contribution is 0.501. The molecule has 0 aliphatic carbocycles. The Balaban J connectivity index is 3.08. The third-order valence-electron chi connectivity index (χ3n) is 6.64. The van der Waals surface area contributed by atoms with Crippen LogP contribution in [-0.4, -0.2) is 13.1 Å². The molecule has 0 rings (SSSR count). The molecule has 0 aliphatic rings. The zero-order valence-corrected chi connectivity index (χ0v) is 21.5. The lowest BCUT2D eigenvalue weighted by atomic mass is 10.0. The van der Waals surface area contributed by atoms with E-state index in [1.165, 1.54) is 148 Å². The van der Waals surface area contributed by atoms with Gasteiger partial charge in [0.25, 0.3) is 0 Å². The average Bonchev–Trinajstić information content (AvgIpc) is 2.76. The summed E-state index contributed by atoms with van der Waals surface area (Å²) in [5.41, 5.74) is 0. The van der Waals surface area contributed by atoms with E-state index >= 15 is 0 Å². The lowest BCUT2D eigenvalue weighted by Crippen LogP contribution is -2.20. The Kier molecular flexibility index (Phi) is 26.5. The van der Waals surface area contributed by atoms with E-state index in [9.17, 15) is 0 Å². The van der Waals surface area contributed by atoms with Crippen molar-refractivity contribution < 1.29 is 0 Å². The van der Waals surface area contributed by atoms with Gasteiger partial charge in [-0.2, -0.15) is 0 Å². The first kappa shape index (κ1) is 29.7. The monoisotopic (exact) mass is 421 g/mol. The minimum Gasteiger partial charge on any atom is -0.317 e. The number of hydrogen-bond donors (Lipinski definition) is 1. The van der Waals surface area contributed by atoms with Gasteiger partial charge < -0.3 is 5.32 Å². The van der Waals surface area contributed by atoms with Gasteiger partial charge in [-0.25, -0.2) is 0 Å². The maximum Gasteiger partial charge on any atom is 0.00357 e. The standard InChI is InChI=1S/C29H59N/c1-4-5-6-7-8-9-10-11-12-13-14-15-16-17-18-19-20-21-22-23-24-25-26-27-28-29(2)30-3/h14-15,29-30H,4-13,16-28H2,1-3H3/b15-14+. The molecule has 0 bridgehead atoms. The van der Waals surface area contributed by atoms with E-state index in [0.29, 0.717) is 6.04 Å². The maximum absolute atomic E-state index is 3.33. The van der Waals surface area contributed by atoms with Crippen LogP contribution < -0.4 is 5.32 Å². The van der Waals surface area contributed by atoms with Gasteiger partial charge in [0.15, 0.2) is 0 Å². The third-order valence-corrected chi connectivity index (χ3v) is 6.64. The minimum atomic E-state index is 0.695. The highest BCUT2D eigenvalue weighted by Gasteiger charge is 1.97. The molecule has 0 saturated heterocycles. The Morgan fingerprint density at radius 3 is 1.20 bits per heavy atom. The van der Waals surface area contributed by atoms with Crippen LogP contribution in [0.4, 0.5) is 0 Å². The second-order valence-electron chi connectivity index (χ2n) is 9.74. The third kappa shape index (κ3) is 25.7. The lowest BCUT2D eigenvalue weighted by Gasteiger charge is -2.09. The van der Waals surface area contributed by atoms with Gasteiger partial charge in [-0.15, -0.1) is 0 Å². The fourth-order valence-electron chi connectivity index (χ4n) is 4.26. The minimum absolute atomic E-state index is 0.695. The summed E-state index contributed by atoms with van der Waals surface area (Å²) in [6.45, 7) is 4.58. The largest absolute Gasteiger partial charge is 0.317 e. The van der Waals surface area contributed by atoms with Crippen LogP contribution in [0.1, 0.15) is 162 Å². The molecule has 0 aromatic carbocycles. The summed E-state index contributed by atoms with van der Waals surface area (Å²) in [5, 5.41) is 3.33. The molecule has 0 aliphatic heterocycles. The summed E-state index contributed by atoms with van der Waals surface area (Å²) < 4.78 is 0. The summed E-state index contributed by atoms with van der Waals surface area (Å²) in [6, 6.07) is 0.695. The number of rotatable bonds is 25. The number of nitrogens with one attached hydrogen (secondary N) is 1. The molecule has 1 heteroatoms. The molecule has 0 aromatic heterocycles. The Labute approximate surface area is 192 Å². The average molecular weight is 422 g/mol. The molecule has 0 saturated carbocycles. The van der Waals surface area contributed by atoms with E-state index in [4.69, 9.17) is 0 Å². The first-order valence-electron chi connectivity index (χ1n) is 14.1. The van der Waals surface area contributed by atoms with E-state index < -0.39 is 0 Å². The highest BCUT2D eigenvalue weighted by atomic mass is 14.8. The van der Waals surface area contributed by atoms with E-state index in [1.54, 1.807) is 0 Å². The molecule has 0 spiro atoms. The molecule has 180 valence electrons. The van der Waals surface area contributed by atoms with E-state index in [1.807, 2.05) is 0 Å². The molecule has 1 unspecified atom stereocenters. The van der Waals surface area contributed by atoms with Gasteiger partial charge in [-0.3, -0.25) is 0 Å². The quantitative estimate of drug-likeness (QED) is 0.114.